The van der Waals surface area contributed by atoms with E-state index >= 15 is 0 Å². The summed E-state index contributed by atoms with van der Waals surface area (Å²) in [7, 11) is 0. The molecule has 0 saturated carbocycles. The third-order valence-corrected chi connectivity index (χ3v) is 2.48. The number of nitrogens with one attached hydrogen (secondary N) is 1. The largest absolute Gasteiger partial charge is 0.357 e. The molecule has 0 amide bonds. The Hall–Kier alpha value is -0.990. The van der Waals surface area contributed by atoms with E-state index in [-0.39, 0.29) is 0 Å². The van der Waals surface area contributed by atoms with Gasteiger partial charge in [0.15, 0.2) is 0 Å². The first-order valence-electron chi connectivity index (χ1n) is 4.60. The van der Waals surface area contributed by atoms with E-state index in [4.69, 9.17) is 0 Å². The summed E-state index contributed by atoms with van der Waals surface area (Å²) in [4.78, 5) is 2.38. The van der Waals surface area contributed by atoms with Crippen LogP contribution in [0.15, 0.2) is 12.3 Å². The lowest BCUT2D eigenvalue weighted by molar-refractivity contribution is 0.444. The monoisotopic (exact) mass is 165 g/mol. The number of piperidine rings is 1. The van der Waals surface area contributed by atoms with Crippen LogP contribution in [0.25, 0.3) is 0 Å². The number of H-pyrrole nitrogens is 1. The van der Waals surface area contributed by atoms with Gasteiger partial charge in [-0.15, -0.1) is 0 Å². The van der Waals surface area contributed by atoms with Crippen LogP contribution in [0, 0.1) is 5.92 Å². The first-order valence-corrected chi connectivity index (χ1v) is 4.60. The SMILES string of the molecule is CC1CCCN(c2ccn[nH]2)C1. The van der Waals surface area contributed by atoms with E-state index in [1.54, 1.807) is 0 Å². The molecule has 1 aliphatic heterocycles. The lowest BCUT2D eigenvalue weighted by Crippen LogP contribution is -2.34. The molecule has 3 heteroatoms. The van der Waals surface area contributed by atoms with E-state index in [0.717, 1.165) is 5.92 Å². The number of aromatic nitrogens is 2. The molecule has 12 heavy (non-hydrogen) atoms. The molecule has 3 nitrogen and oxygen atoms in total. The van der Waals surface area contributed by atoms with Gasteiger partial charge in [0.2, 0.25) is 0 Å². The van der Waals surface area contributed by atoms with Crippen LogP contribution >= 0.6 is 0 Å². The van der Waals surface area contributed by atoms with Gasteiger partial charge in [0.05, 0.1) is 6.20 Å². The van der Waals surface area contributed by atoms with Crippen LogP contribution in [0.2, 0.25) is 0 Å². The average molecular weight is 165 g/mol. The lowest BCUT2D eigenvalue weighted by atomic mass is 10.0. The van der Waals surface area contributed by atoms with Gasteiger partial charge in [0.25, 0.3) is 0 Å². The molecule has 1 saturated heterocycles. The van der Waals surface area contributed by atoms with Gasteiger partial charge in [-0.05, 0) is 18.8 Å². The first kappa shape index (κ1) is 7.65. The zero-order valence-corrected chi connectivity index (χ0v) is 7.45. The van der Waals surface area contributed by atoms with Crippen molar-refractivity contribution in [3.63, 3.8) is 0 Å². The summed E-state index contributed by atoms with van der Waals surface area (Å²) >= 11 is 0. The zero-order chi connectivity index (χ0) is 8.39. The maximum atomic E-state index is 3.96. The molecule has 1 aromatic heterocycles. The predicted molar refractivity (Wildman–Crippen MR) is 49.2 cm³/mol. The second kappa shape index (κ2) is 3.17. The number of rotatable bonds is 1. The van der Waals surface area contributed by atoms with Crippen molar-refractivity contribution in [2.75, 3.05) is 18.0 Å². The molecule has 0 radical (unpaired) electrons. The quantitative estimate of drug-likeness (QED) is 0.686. The summed E-state index contributed by atoms with van der Waals surface area (Å²) < 4.78 is 0. The van der Waals surface area contributed by atoms with Gasteiger partial charge in [0, 0.05) is 19.2 Å². The molecule has 0 spiro atoms. The van der Waals surface area contributed by atoms with Crippen LogP contribution in [-0.4, -0.2) is 23.3 Å². The third-order valence-electron chi connectivity index (χ3n) is 2.48. The van der Waals surface area contributed by atoms with E-state index in [9.17, 15) is 0 Å². The van der Waals surface area contributed by atoms with Gasteiger partial charge in [-0.3, -0.25) is 5.10 Å². The maximum Gasteiger partial charge on any atom is 0.123 e. The fourth-order valence-electron chi connectivity index (χ4n) is 1.83. The smallest absolute Gasteiger partial charge is 0.123 e. The van der Waals surface area contributed by atoms with Crippen molar-refractivity contribution in [1.29, 1.82) is 0 Å². The van der Waals surface area contributed by atoms with Gasteiger partial charge in [-0.25, -0.2) is 0 Å². The highest BCUT2D eigenvalue weighted by atomic mass is 15.3. The Balaban J connectivity index is 2.04. The number of hydrogen-bond donors (Lipinski definition) is 1. The highest BCUT2D eigenvalue weighted by Crippen LogP contribution is 2.20. The molecule has 66 valence electrons. The predicted octanol–water partition coefficient (Wildman–Crippen LogP) is 1.65. The van der Waals surface area contributed by atoms with Gasteiger partial charge >= 0.3 is 0 Å². The lowest BCUT2D eigenvalue weighted by Gasteiger charge is -2.31. The number of anilines is 1. The van der Waals surface area contributed by atoms with E-state index in [2.05, 4.69) is 22.0 Å². The molecule has 1 aromatic rings. The van der Waals surface area contributed by atoms with E-state index in [1.165, 1.54) is 31.7 Å². The highest BCUT2D eigenvalue weighted by Gasteiger charge is 2.16. The molecular formula is C9H15N3. The van der Waals surface area contributed by atoms with Crippen molar-refractivity contribution in [2.24, 2.45) is 5.92 Å². The Morgan fingerprint density at radius 1 is 1.67 bits per heavy atom. The van der Waals surface area contributed by atoms with Gasteiger partial charge in [0.1, 0.15) is 5.82 Å². The zero-order valence-electron chi connectivity index (χ0n) is 7.45. The molecule has 1 atom stereocenters. The molecule has 2 rings (SSSR count). The standard InChI is InChI=1S/C9H15N3/c1-8-3-2-6-12(7-8)9-4-5-10-11-9/h4-5,8H,2-3,6-7H2,1H3,(H,10,11). The molecule has 1 N–H and O–H groups in total. The maximum absolute atomic E-state index is 3.96. The van der Waals surface area contributed by atoms with Crippen molar-refractivity contribution in [3.05, 3.63) is 12.3 Å². The van der Waals surface area contributed by atoms with Gasteiger partial charge in [-0.2, -0.15) is 5.10 Å². The van der Waals surface area contributed by atoms with E-state index in [0.29, 0.717) is 0 Å². The molecular weight excluding hydrogens is 150 g/mol. The Kier molecular flexibility index (Phi) is 2.02. The Morgan fingerprint density at radius 3 is 3.25 bits per heavy atom. The highest BCUT2D eigenvalue weighted by molar-refractivity contribution is 5.36. The second-order valence-corrected chi connectivity index (χ2v) is 3.64. The summed E-state index contributed by atoms with van der Waals surface area (Å²) in [6.07, 6.45) is 4.49. The van der Waals surface area contributed by atoms with Crippen molar-refractivity contribution < 1.29 is 0 Å². The Morgan fingerprint density at radius 2 is 2.58 bits per heavy atom. The molecule has 0 bridgehead atoms. The van der Waals surface area contributed by atoms with Crippen LogP contribution in [0.4, 0.5) is 5.82 Å². The molecule has 1 fully saturated rings. The van der Waals surface area contributed by atoms with Crippen LogP contribution in [0.5, 0.6) is 0 Å². The fourth-order valence-corrected chi connectivity index (χ4v) is 1.83. The molecule has 1 unspecified atom stereocenters. The molecule has 0 aliphatic carbocycles. The van der Waals surface area contributed by atoms with Crippen molar-refractivity contribution in [3.8, 4) is 0 Å². The molecule has 1 aliphatic rings. The molecule has 0 aromatic carbocycles. The second-order valence-electron chi connectivity index (χ2n) is 3.64. The summed E-state index contributed by atoms with van der Waals surface area (Å²) in [5, 5.41) is 6.96. The minimum Gasteiger partial charge on any atom is -0.357 e. The van der Waals surface area contributed by atoms with Crippen molar-refractivity contribution in [1.82, 2.24) is 10.2 Å². The van der Waals surface area contributed by atoms with E-state index < -0.39 is 0 Å². The number of aromatic amines is 1. The van der Waals surface area contributed by atoms with Crippen LogP contribution in [0.3, 0.4) is 0 Å². The van der Waals surface area contributed by atoms with Crippen LogP contribution in [0.1, 0.15) is 19.8 Å². The summed E-state index contributed by atoms with van der Waals surface area (Å²) in [6, 6.07) is 2.04. The minimum absolute atomic E-state index is 0.821. The number of hydrogen-bond acceptors (Lipinski definition) is 2. The summed E-state index contributed by atoms with van der Waals surface area (Å²) in [5.74, 6) is 1.99. The van der Waals surface area contributed by atoms with Crippen LogP contribution < -0.4 is 4.90 Å². The third kappa shape index (κ3) is 1.44. The fraction of sp³-hybridized carbons (Fsp3) is 0.667. The minimum atomic E-state index is 0.821. The summed E-state index contributed by atoms with van der Waals surface area (Å²) in [6.45, 7) is 4.65. The van der Waals surface area contributed by atoms with Gasteiger partial charge in [-0.1, -0.05) is 6.92 Å². The van der Waals surface area contributed by atoms with E-state index in [1.807, 2.05) is 12.3 Å². The Bertz CT molecular complexity index is 230. The first-order chi connectivity index (χ1) is 5.86. The summed E-state index contributed by atoms with van der Waals surface area (Å²) in [5.41, 5.74) is 0. The topological polar surface area (TPSA) is 31.9 Å². The average Bonchev–Trinajstić information content (AvgIpc) is 2.56. The van der Waals surface area contributed by atoms with Crippen molar-refractivity contribution >= 4 is 5.82 Å². The van der Waals surface area contributed by atoms with Gasteiger partial charge < -0.3 is 4.90 Å². The van der Waals surface area contributed by atoms with Crippen molar-refractivity contribution in [2.45, 2.75) is 19.8 Å². The molecule has 2 heterocycles. The number of nitrogens with zero attached hydrogens (tertiary/aromatic N) is 2. The Labute approximate surface area is 72.8 Å². The normalized spacial score (nSPS) is 24.4. The van der Waals surface area contributed by atoms with Crippen LogP contribution in [-0.2, 0) is 0 Å².